The monoisotopic (exact) mass is 934 g/mol. The van der Waals surface area contributed by atoms with Crippen molar-refractivity contribution in [2.75, 3.05) is 0 Å². The molecule has 0 aliphatic carbocycles. The molecule has 0 saturated carbocycles. The average molecular weight is 937 g/mol. The first kappa shape index (κ1) is 50.5. The maximum absolute atomic E-state index is 5.13. The van der Waals surface area contributed by atoms with Crippen molar-refractivity contribution in [2.45, 2.75) is 105 Å². The van der Waals surface area contributed by atoms with Gasteiger partial charge in [-0.2, -0.15) is 90.0 Å². The van der Waals surface area contributed by atoms with Gasteiger partial charge >= 0.3 is 40.1 Å². The summed E-state index contributed by atoms with van der Waals surface area (Å²) in [4.78, 5) is 0. The molecular formula is C59H66Cl2Zr-4. The van der Waals surface area contributed by atoms with Crippen molar-refractivity contribution in [1.29, 1.82) is 0 Å². The standard InChI is InChI=1S/C33H33.2C10H13.C5H5.CH2.2ClH.Zr/c1-32(2,3)30-20-26-24(18-28(30)22-13-9-7-10-14-22)17-25-19-29(23-15-11-8-12-16-23)31(21-27(25)26)33(4,5)6;2*1-10(2,3)9-7-5-4-6-8-9;1-2-4-5-3-1;;;;/h7-21H,1-6H3;2*5-8H,1-3H3;1-5H;1H2;2*1H;/q4*-1;;;;+2/p-2. The molecule has 0 aliphatic heterocycles. The van der Waals surface area contributed by atoms with E-state index in [2.05, 4.69) is 215 Å². The van der Waals surface area contributed by atoms with Crippen LogP contribution in [0, 0.1) is 12.1 Å². The van der Waals surface area contributed by atoms with E-state index in [9.17, 15) is 0 Å². The summed E-state index contributed by atoms with van der Waals surface area (Å²) in [5, 5.41) is 5.36. The quantitative estimate of drug-likeness (QED) is 0.152. The summed E-state index contributed by atoms with van der Waals surface area (Å²) in [5.74, 6) is 0. The van der Waals surface area contributed by atoms with E-state index in [0.717, 1.165) is 0 Å². The minimum absolute atomic E-state index is 0.0554. The predicted octanol–water partition coefficient (Wildman–Crippen LogP) is 18.0. The Morgan fingerprint density at radius 2 is 0.774 bits per heavy atom. The van der Waals surface area contributed by atoms with Crippen LogP contribution in [0.25, 0.3) is 43.8 Å². The van der Waals surface area contributed by atoms with Gasteiger partial charge < -0.3 is 0 Å². The fourth-order valence-electron chi connectivity index (χ4n) is 7.15. The molecule has 0 radical (unpaired) electrons. The van der Waals surface area contributed by atoms with Crippen molar-refractivity contribution in [3.05, 3.63) is 204 Å². The largest absolute Gasteiger partial charge is 0.214 e. The zero-order valence-electron chi connectivity index (χ0n) is 39.1. The van der Waals surface area contributed by atoms with E-state index >= 15 is 0 Å². The Labute approximate surface area is 390 Å². The summed E-state index contributed by atoms with van der Waals surface area (Å²) >= 11 is -1.85. The number of hydrogen-bond donors (Lipinski definition) is 0. The van der Waals surface area contributed by atoms with Crippen LogP contribution in [-0.4, -0.2) is 4.21 Å². The van der Waals surface area contributed by atoms with Crippen LogP contribution in [0.15, 0.2) is 170 Å². The van der Waals surface area contributed by atoms with Crippen LogP contribution in [-0.2, 0) is 40.5 Å². The van der Waals surface area contributed by atoms with Crippen LogP contribution in [0.2, 0.25) is 0 Å². The summed E-state index contributed by atoms with van der Waals surface area (Å²) in [7, 11) is 10.3. The SMILES string of the molecule is CC(C)(C)c1cc2c(cc1-c1ccccc1)[cH-]c1cc(-c3ccccc3)c(C(C)(C)C)cc12.CC(C)(C)c1cc[c-]cc1.CC(C)(C)c1cc[c-]cc1.[CH2]=[Zr]([Cl])[Cl].c1cc[cH-]c1. The molecule has 8 rings (SSSR count). The maximum atomic E-state index is 5.13. The van der Waals surface area contributed by atoms with E-state index in [-0.39, 0.29) is 21.7 Å². The summed E-state index contributed by atoms with van der Waals surface area (Å²) in [5.41, 5.74) is 11.4. The van der Waals surface area contributed by atoms with Gasteiger partial charge in [-0.15, -0.1) is 39.7 Å². The van der Waals surface area contributed by atoms with Gasteiger partial charge in [-0.3, -0.25) is 0 Å². The van der Waals surface area contributed by atoms with Gasteiger partial charge in [0.25, 0.3) is 0 Å². The molecule has 0 saturated heterocycles. The van der Waals surface area contributed by atoms with Crippen molar-refractivity contribution >= 4 is 42.8 Å². The first-order chi connectivity index (χ1) is 29.1. The van der Waals surface area contributed by atoms with Gasteiger partial charge in [0.1, 0.15) is 0 Å². The molecule has 0 atom stereocenters. The minimum Gasteiger partial charge on any atom is -0.214 e. The second-order valence-corrected chi connectivity index (χ2v) is 27.9. The predicted molar refractivity (Wildman–Crippen MR) is 274 cm³/mol. The molecule has 0 amide bonds. The molecule has 0 N–H and O–H groups in total. The van der Waals surface area contributed by atoms with Crippen LogP contribution >= 0.6 is 17.0 Å². The van der Waals surface area contributed by atoms with Crippen molar-refractivity contribution in [2.24, 2.45) is 0 Å². The van der Waals surface area contributed by atoms with E-state index in [1.165, 1.54) is 66.1 Å². The molecule has 62 heavy (non-hydrogen) atoms. The molecule has 0 spiro atoms. The third kappa shape index (κ3) is 15.3. The Bertz CT molecular complexity index is 2350. The summed E-state index contributed by atoms with van der Waals surface area (Å²) in [6.07, 6.45) is 0. The zero-order valence-corrected chi connectivity index (χ0v) is 43.1. The van der Waals surface area contributed by atoms with E-state index < -0.39 is 18.9 Å². The Morgan fingerprint density at radius 3 is 1.02 bits per heavy atom. The topological polar surface area (TPSA) is 0 Å². The Kier molecular flexibility index (Phi) is 18.3. The summed E-state index contributed by atoms with van der Waals surface area (Å²) in [6.45, 7) is 27.2. The molecule has 8 aromatic carbocycles. The van der Waals surface area contributed by atoms with Crippen molar-refractivity contribution < 1.29 is 18.9 Å². The van der Waals surface area contributed by atoms with E-state index in [1.54, 1.807) is 0 Å². The van der Waals surface area contributed by atoms with Gasteiger partial charge in [0.15, 0.2) is 0 Å². The summed E-state index contributed by atoms with van der Waals surface area (Å²) < 4.78 is 3.37. The number of halogens is 2. The third-order valence-electron chi connectivity index (χ3n) is 10.5. The molecule has 0 heterocycles. The molecule has 0 bridgehead atoms. The van der Waals surface area contributed by atoms with Crippen molar-refractivity contribution in [1.82, 2.24) is 0 Å². The normalized spacial score (nSPS) is 11.5. The van der Waals surface area contributed by atoms with E-state index in [1.807, 2.05) is 54.6 Å². The molecular weight excluding hydrogens is 871 g/mol. The Morgan fingerprint density at radius 1 is 0.452 bits per heavy atom. The molecule has 0 fully saturated rings. The van der Waals surface area contributed by atoms with Gasteiger partial charge in [-0.1, -0.05) is 156 Å². The number of fused-ring (bicyclic) bond motifs is 3. The van der Waals surface area contributed by atoms with E-state index in [0.29, 0.717) is 0 Å². The van der Waals surface area contributed by atoms with Gasteiger partial charge in [0, 0.05) is 0 Å². The second-order valence-electron chi connectivity index (χ2n) is 19.7. The molecule has 324 valence electrons. The molecule has 0 unspecified atom stereocenters. The minimum atomic E-state index is -1.85. The number of rotatable bonds is 2. The first-order valence-corrected chi connectivity index (χ1v) is 29.6. The molecule has 0 aliphatic rings. The first-order valence-electron chi connectivity index (χ1n) is 21.5. The number of hydrogen-bond acceptors (Lipinski definition) is 0. The Balaban J connectivity index is 0.000000234. The van der Waals surface area contributed by atoms with Gasteiger partial charge in [0.05, 0.1) is 0 Å². The molecule has 0 nitrogen and oxygen atoms in total. The van der Waals surface area contributed by atoms with Crippen LogP contribution < -0.4 is 0 Å². The fourth-order valence-corrected chi connectivity index (χ4v) is 7.15. The maximum Gasteiger partial charge on any atom is -0.172 e. The molecule has 3 heteroatoms. The second kappa shape index (κ2) is 22.5. The van der Waals surface area contributed by atoms with Crippen LogP contribution in [0.5, 0.6) is 0 Å². The zero-order chi connectivity index (χ0) is 45.7. The fraction of sp³-hybridized carbons (Fsp3) is 0.271. The van der Waals surface area contributed by atoms with Crippen molar-refractivity contribution in [3.8, 4) is 22.3 Å². The molecule has 8 aromatic rings. The average Bonchev–Trinajstić information content (AvgIpc) is 3.92. The van der Waals surface area contributed by atoms with Crippen LogP contribution in [0.3, 0.4) is 0 Å². The van der Waals surface area contributed by atoms with E-state index in [4.69, 9.17) is 17.0 Å². The smallest absolute Gasteiger partial charge is 0.172 e. The van der Waals surface area contributed by atoms with Gasteiger partial charge in [-0.25, -0.2) is 12.1 Å². The summed E-state index contributed by atoms with van der Waals surface area (Å²) in [6, 6.07) is 66.0. The Hall–Kier alpha value is -4.13. The third-order valence-corrected chi connectivity index (χ3v) is 10.5. The van der Waals surface area contributed by atoms with Crippen LogP contribution in [0.1, 0.15) is 105 Å². The van der Waals surface area contributed by atoms with Gasteiger partial charge in [-0.05, 0) is 55.0 Å². The molecule has 0 aromatic heterocycles. The van der Waals surface area contributed by atoms with Crippen molar-refractivity contribution in [3.63, 3.8) is 0 Å². The van der Waals surface area contributed by atoms with Crippen LogP contribution in [0.4, 0.5) is 0 Å². The number of benzene rings is 6. The van der Waals surface area contributed by atoms with Gasteiger partial charge in [0.2, 0.25) is 0 Å².